The quantitative estimate of drug-likeness (QED) is 0.798. The molecule has 1 atom stereocenters. The SMILES string of the molecule is COc1ccc(CN2C(=O)C[C@H](Cc3ccccc3)C2=O)cc1. The topological polar surface area (TPSA) is 46.6 Å². The van der Waals surface area contributed by atoms with Crippen molar-refractivity contribution in [3.8, 4) is 5.75 Å². The molecule has 0 N–H and O–H groups in total. The maximum Gasteiger partial charge on any atom is 0.233 e. The minimum Gasteiger partial charge on any atom is -0.497 e. The molecule has 118 valence electrons. The molecular formula is C19H19NO3. The van der Waals surface area contributed by atoms with Gasteiger partial charge in [0.1, 0.15) is 5.75 Å². The molecule has 2 aromatic carbocycles. The highest BCUT2D eigenvalue weighted by atomic mass is 16.5. The van der Waals surface area contributed by atoms with Crippen molar-refractivity contribution in [2.75, 3.05) is 7.11 Å². The lowest BCUT2D eigenvalue weighted by Gasteiger charge is -2.15. The zero-order chi connectivity index (χ0) is 16.2. The Hall–Kier alpha value is -2.62. The van der Waals surface area contributed by atoms with Gasteiger partial charge in [-0.3, -0.25) is 14.5 Å². The van der Waals surface area contributed by atoms with Crippen LogP contribution < -0.4 is 4.74 Å². The summed E-state index contributed by atoms with van der Waals surface area (Å²) >= 11 is 0. The standard InChI is InChI=1S/C19H19NO3/c1-23-17-9-7-15(8-10-17)13-20-18(21)12-16(19(20)22)11-14-5-3-2-4-6-14/h2-10,16H,11-13H2,1H3/t16-/m0/s1. The average molecular weight is 309 g/mol. The summed E-state index contributed by atoms with van der Waals surface area (Å²) in [4.78, 5) is 26.1. The molecular weight excluding hydrogens is 290 g/mol. The van der Waals surface area contributed by atoms with Gasteiger partial charge in [0.25, 0.3) is 0 Å². The molecule has 1 heterocycles. The van der Waals surface area contributed by atoms with E-state index in [2.05, 4.69) is 0 Å². The first kappa shape index (κ1) is 15.3. The molecule has 0 aromatic heterocycles. The fourth-order valence-corrected chi connectivity index (χ4v) is 2.89. The van der Waals surface area contributed by atoms with E-state index >= 15 is 0 Å². The van der Waals surface area contributed by atoms with Gasteiger partial charge < -0.3 is 4.74 Å². The van der Waals surface area contributed by atoms with Gasteiger partial charge in [-0.2, -0.15) is 0 Å². The van der Waals surface area contributed by atoms with Gasteiger partial charge >= 0.3 is 0 Å². The van der Waals surface area contributed by atoms with Crippen LogP contribution in [0.1, 0.15) is 17.5 Å². The molecule has 4 nitrogen and oxygen atoms in total. The lowest BCUT2D eigenvalue weighted by atomic mass is 9.98. The van der Waals surface area contributed by atoms with Crippen molar-refractivity contribution in [2.45, 2.75) is 19.4 Å². The van der Waals surface area contributed by atoms with Crippen LogP contribution in [0.15, 0.2) is 54.6 Å². The predicted molar refractivity (Wildman–Crippen MR) is 86.8 cm³/mol. The summed E-state index contributed by atoms with van der Waals surface area (Å²) < 4.78 is 5.12. The molecule has 0 unspecified atom stereocenters. The highest BCUT2D eigenvalue weighted by molar-refractivity contribution is 6.03. The Morgan fingerprint density at radius 2 is 1.70 bits per heavy atom. The molecule has 1 aliphatic heterocycles. The van der Waals surface area contributed by atoms with Gasteiger partial charge in [-0.05, 0) is 29.7 Å². The number of ether oxygens (including phenoxy) is 1. The summed E-state index contributed by atoms with van der Waals surface area (Å²) in [7, 11) is 1.61. The molecule has 1 fully saturated rings. The Morgan fingerprint density at radius 3 is 2.35 bits per heavy atom. The summed E-state index contributed by atoms with van der Waals surface area (Å²) in [6, 6.07) is 17.3. The van der Waals surface area contributed by atoms with Crippen LogP contribution in [0.3, 0.4) is 0 Å². The summed E-state index contributed by atoms with van der Waals surface area (Å²) in [5, 5.41) is 0. The number of amides is 2. The first-order chi connectivity index (χ1) is 11.2. The average Bonchev–Trinajstić information content (AvgIpc) is 2.84. The number of hydrogen-bond donors (Lipinski definition) is 0. The maximum absolute atomic E-state index is 12.5. The molecule has 4 heteroatoms. The number of likely N-dealkylation sites (tertiary alicyclic amines) is 1. The van der Waals surface area contributed by atoms with Gasteiger partial charge in [0.2, 0.25) is 11.8 Å². The minimum atomic E-state index is -0.247. The summed E-state index contributed by atoms with van der Waals surface area (Å²) in [6.07, 6.45) is 0.911. The van der Waals surface area contributed by atoms with Crippen molar-refractivity contribution in [1.82, 2.24) is 4.90 Å². The summed E-state index contributed by atoms with van der Waals surface area (Å²) in [5.74, 6) is 0.347. The predicted octanol–water partition coefficient (Wildman–Crippen LogP) is 2.81. The molecule has 0 radical (unpaired) electrons. The Kier molecular flexibility index (Phi) is 4.42. The van der Waals surface area contributed by atoms with Crippen molar-refractivity contribution in [3.05, 3.63) is 65.7 Å². The van der Waals surface area contributed by atoms with Crippen LogP contribution in [-0.2, 0) is 22.6 Å². The van der Waals surface area contributed by atoms with Crippen molar-refractivity contribution in [2.24, 2.45) is 5.92 Å². The van der Waals surface area contributed by atoms with E-state index in [9.17, 15) is 9.59 Å². The molecule has 0 aliphatic carbocycles. The van der Waals surface area contributed by atoms with Crippen molar-refractivity contribution >= 4 is 11.8 Å². The van der Waals surface area contributed by atoms with E-state index in [1.807, 2.05) is 54.6 Å². The Labute approximate surface area is 135 Å². The Morgan fingerprint density at radius 1 is 1.00 bits per heavy atom. The Bertz CT molecular complexity index is 694. The Balaban J connectivity index is 1.68. The number of benzene rings is 2. The van der Waals surface area contributed by atoms with Gasteiger partial charge in [0.05, 0.1) is 19.6 Å². The molecule has 0 spiro atoms. The van der Waals surface area contributed by atoms with Crippen LogP contribution in [-0.4, -0.2) is 23.8 Å². The van der Waals surface area contributed by atoms with Gasteiger partial charge in [-0.1, -0.05) is 42.5 Å². The summed E-state index contributed by atoms with van der Waals surface area (Å²) in [5.41, 5.74) is 2.01. The van der Waals surface area contributed by atoms with Crippen LogP contribution in [0.25, 0.3) is 0 Å². The lowest BCUT2D eigenvalue weighted by Crippen LogP contribution is -2.30. The third-order valence-electron chi connectivity index (χ3n) is 4.16. The molecule has 1 aliphatic rings. The number of nitrogens with zero attached hydrogens (tertiary/aromatic N) is 1. The van der Waals surface area contributed by atoms with E-state index < -0.39 is 0 Å². The van der Waals surface area contributed by atoms with Crippen LogP contribution in [0.5, 0.6) is 5.75 Å². The van der Waals surface area contributed by atoms with Crippen LogP contribution in [0, 0.1) is 5.92 Å². The molecule has 0 bridgehead atoms. The molecule has 1 saturated heterocycles. The van der Waals surface area contributed by atoms with Crippen LogP contribution in [0.2, 0.25) is 0 Å². The van der Waals surface area contributed by atoms with Gasteiger partial charge in [0.15, 0.2) is 0 Å². The first-order valence-corrected chi connectivity index (χ1v) is 7.68. The fourth-order valence-electron chi connectivity index (χ4n) is 2.89. The molecule has 0 saturated carbocycles. The van der Waals surface area contributed by atoms with Crippen molar-refractivity contribution < 1.29 is 14.3 Å². The smallest absolute Gasteiger partial charge is 0.233 e. The number of imide groups is 1. The van der Waals surface area contributed by atoms with E-state index in [-0.39, 0.29) is 17.7 Å². The third kappa shape index (κ3) is 3.42. The normalized spacial score (nSPS) is 17.6. The number of carbonyl (C=O) groups is 2. The van der Waals surface area contributed by atoms with E-state index in [4.69, 9.17) is 4.74 Å². The molecule has 3 rings (SSSR count). The third-order valence-corrected chi connectivity index (χ3v) is 4.16. The second-order valence-corrected chi connectivity index (χ2v) is 5.76. The highest BCUT2D eigenvalue weighted by Gasteiger charge is 2.38. The minimum absolute atomic E-state index is 0.0744. The zero-order valence-electron chi connectivity index (χ0n) is 13.1. The second kappa shape index (κ2) is 6.65. The number of methoxy groups -OCH3 is 1. The molecule has 2 amide bonds. The van der Waals surface area contributed by atoms with E-state index in [0.29, 0.717) is 19.4 Å². The largest absolute Gasteiger partial charge is 0.497 e. The second-order valence-electron chi connectivity index (χ2n) is 5.76. The monoisotopic (exact) mass is 309 g/mol. The van der Waals surface area contributed by atoms with E-state index in [0.717, 1.165) is 16.9 Å². The molecule has 2 aromatic rings. The van der Waals surface area contributed by atoms with E-state index in [1.54, 1.807) is 7.11 Å². The maximum atomic E-state index is 12.5. The first-order valence-electron chi connectivity index (χ1n) is 7.68. The van der Waals surface area contributed by atoms with Gasteiger partial charge in [-0.15, -0.1) is 0 Å². The fraction of sp³-hybridized carbons (Fsp3) is 0.263. The highest BCUT2D eigenvalue weighted by Crippen LogP contribution is 2.25. The van der Waals surface area contributed by atoms with Gasteiger partial charge in [-0.25, -0.2) is 0 Å². The van der Waals surface area contributed by atoms with Crippen LogP contribution >= 0.6 is 0 Å². The van der Waals surface area contributed by atoms with Crippen molar-refractivity contribution in [1.29, 1.82) is 0 Å². The number of rotatable bonds is 5. The lowest BCUT2D eigenvalue weighted by molar-refractivity contribution is -0.140. The number of carbonyl (C=O) groups excluding carboxylic acids is 2. The summed E-state index contributed by atoms with van der Waals surface area (Å²) in [6.45, 7) is 0.326. The number of hydrogen-bond acceptors (Lipinski definition) is 3. The van der Waals surface area contributed by atoms with E-state index in [1.165, 1.54) is 4.90 Å². The molecule has 23 heavy (non-hydrogen) atoms. The van der Waals surface area contributed by atoms with Gasteiger partial charge in [0, 0.05) is 6.42 Å². The van der Waals surface area contributed by atoms with Crippen LogP contribution in [0.4, 0.5) is 0 Å². The zero-order valence-corrected chi connectivity index (χ0v) is 13.1. The van der Waals surface area contributed by atoms with Crippen molar-refractivity contribution in [3.63, 3.8) is 0 Å².